The number of cyclic esters (lactones) is 1. The molecule has 6 atom stereocenters. The molecule has 1 aliphatic rings. The molecule has 7 N–H and O–H groups in total. The van der Waals surface area contributed by atoms with Gasteiger partial charge in [-0.05, 0) is 69.5 Å². The van der Waals surface area contributed by atoms with E-state index in [4.69, 9.17) is 23.7 Å². The van der Waals surface area contributed by atoms with Crippen molar-refractivity contribution in [3.05, 3.63) is 69.8 Å². The highest BCUT2D eigenvalue weighted by molar-refractivity contribution is 5.96. The molecule has 0 spiro atoms. The largest absolute Gasteiger partial charge is 0.508 e. The van der Waals surface area contributed by atoms with Crippen LogP contribution in [0, 0.1) is 0 Å². The summed E-state index contributed by atoms with van der Waals surface area (Å²) in [7, 11) is 0. The zero-order valence-corrected chi connectivity index (χ0v) is 31.9. The summed E-state index contributed by atoms with van der Waals surface area (Å²) in [6, 6.07) is 6.57. The number of carbonyl (C=O) groups is 5. The molecule has 0 amide bonds. The number of hydrogen-bond donors (Lipinski definition) is 7. The number of phenolic OH excluding ortho intramolecular Hbond substituents is 6. The van der Waals surface area contributed by atoms with Crippen LogP contribution in [-0.4, -0.2) is 102 Å². The molecule has 0 bridgehead atoms. The third-order valence-corrected chi connectivity index (χ3v) is 8.69. The Kier molecular flexibility index (Phi) is 14.2. The molecule has 0 aliphatic carbocycles. The van der Waals surface area contributed by atoms with E-state index in [2.05, 4.69) is 0 Å². The lowest BCUT2D eigenvalue weighted by atomic mass is 9.95. The first kappa shape index (κ1) is 43.5. The van der Waals surface area contributed by atoms with Gasteiger partial charge in [0.1, 0.15) is 81.7 Å². The van der Waals surface area contributed by atoms with E-state index in [0.29, 0.717) is 5.56 Å². The van der Waals surface area contributed by atoms with Crippen molar-refractivity contribution in [3.63, 3.8) is 0 Å². The summed E-state index contributed by atoms with van der Waals surface area (Å²) in [6.07, 6.45) is -6.34. The average molecular weight is 799 g/mol. The minimum atomic E-state index is -1.09. The van der Waals surface area contributed by atoms with Crippen molar-refractivity contribution in [2.24, 2.45) is 0 Å². The number of carbonyl (C=O) groups excluding carboxylic acids is 5. The highest BCUT2D eigenvalue weighted by atomic mass is 16.6. The first-order valence-electron chi connectivity index (χ1n) is 18.0. The lowest BCUT2D eigenvalue weighted by Gasteiger charge is -2.27. The molecule has 4 rings (SSSR count). The maximum absolute atomic E-state index is 13.3. The molecule has 3 aromatic rings. The van der Waals surface area contributed by atoms with Crippen LogP contribution in [0.15, 0.2) is 36.4 Å². The molecule has 308 valence electrons. The number of fused-ring (bicyclic) bond motifs is 1. The van der Waals surface area contributed by atoms with Crippen LogP contribution in [-0.2, 0) is 52.5 Å². The van der Waals surface area contributed by atoms with Crippen molar-refractivity contribution < 1.29 is 83.4 Å². The molecule has 57 heavy (non-hydrogen) atoms. The number of aliphatic hydroxyl groups is 1. The highest BCUT2D eigenvalue weighted by Crippen LogP contribution is 2.35. The van der Waals surface area contributed by atoms with Gasteiger partial charge in [-0.2, -0.15) is 0 Å². The summed E-state index contributed by atoms with van der Waals surface area (Å²) in [5.41, 5.74) is -0.217. The van der Waals surface area contributed by atoms with E-state index in [-0.39, 0.29) is 71.4 Å². The second-order valence-corrected chi connectivity index (χ2v) is 14.2. The summed E-state index contributed by atoms with van der Waals surface area (Å²) < 4.78 is 27.0. The number of esters is 5. The molecule has 1 aliphatic heterocycles. The lowest BCUT2D eigenvalue weighted by Crippen LogP contribution is -2.32. The Bertz CT molecular complexity index is 2000. The molecule has 0 aromatic heterocycles. The van der Waals surface area contributed by atoms with Gasteiger partial charge in [0.15, 0.2) is 0 Å². The van der Waals surface area contributed by atoms with Crippen LogP contribution in [0.1, 0.15) is 102 Å². The molecule has 17 heteroatoms. The first-order valence-corrected chi connectivity index (χ1v) is 18.0. The number of benzene rings is 3. The summed E-state index contributed by atoms with van der Waals surface area (Å²) in [4.78, 5) is 63.9. The van der Waals surface area contributed by atoms with E-state index in [1.165, 1.54) is 52.8 Å². The maximum atomic E-state index is 13.3. The zero-order chi connectivity index (χ0) is 42.3. The molecule has 1 heterocycles. The van der Waals surface area contributed by atoms with E-state index < -0.39 is 95.9 Å². The van der Waals surface area contributed by atoms with Crippen LogP contribution >= 0.6 is 0 Å². The predicted octanol–water partition coefficient (Wildman–Crippen LogP) is 3.99. The fourth-order valence-corrected chi connectivity index (χ4v) is 6.49. The van der Waals surface area contributed by atoms with Crippen molar-refractivity contribution in [1.82, 2.24) is 0 Å². The monoisotopic (exact) mass is 798 g/mol. The van der Waals surface area contributed by atoms with Gasteiger partial charge in [-0.25, -0.2) is 14.4 Å². The Morgan fingerprint density at radius 3 is 1.60 bits per heavy atom. The van der Waals surface area contributed by atoms with Gasteiger partial charge < -0.3 is 59.4 Å². The molecule has 0 radical (unpaired) electrons. The third kappa shape index (κ3) is 11.9. The van der Waals surface area contributed by atoms with Gasteiger partial charge in [0, 0.05) is 43.9 Å². The number of phenols is 6. The summed E-state index contributed by atoms with van der Waals surface area (Å²) in [6.45, 7) is 7.33. The molecular weight excluding hydrogens is 752 g/mol. The second kappa shape index (κ2) is 18.6. The smallest absolute Gasteiger partial charge is 0.342 e. The quantitative estimate of drug-likeness (QED) is 0.0797. The fourth-order valence-electron chi connectivity index (χ4n) is 6.49. The number of rotatable bonds is 16. The Morgan fingerprint density at radius 2 is 1.09 bits per heavy atom. The topological polar surface area (TPSA) is 273 Å². The normalized spacial score (nSPS) is 16.2. The van der Waals surface area contributed by atoms with Crippen LogP contribution in [0.2, 0.25) is 0 Å². The van der Waals surface area contributed by atoms with E-state index in [1.807, 2.05) is 0 Å². The van der Waals surface area contributed by atoms with E-state index in [9.17, 15) is 59.7 Å². The summed E-state index contributed by atoms with van der Waals surface area (Å²) >= 11 is 0. The van der Waals surface area contributed by atoms with Crippen LogP contribution in [0.25, 0.3) is 0 Å². The molecule has 0 unspecified atom stereocenters. The molecule has 17 nitrogen and oxygen atoms in total. The van der Waals surface area contributed by atoms with E-state index in [0.717, 1.165) is 18.2 Å². The Morgan fingerprint density at radius 1 is 0.632 bits per heavy atom. The number of aliphatic hydroxyl groups excluding tert-OH is 1. The first-order chi connectivity index (χ1) is 26.7. The van der Waals surface area contributed by atoms with E-state index >= 15 is 0 Å². The number of aromatic hydroxyl groups is 6. The van der Waals surface area contributed by atoms with Crippen molar-refractivity contribution >= 4 is 29.8 Å². The minimum Gasteiger partial charge on any atom is -0.508 e. The SMILES string of the molecule is C[C@H](Cc1cc(O)cc(O)c1C(=O)O[C@H](C)CC(=O)O[C@H](C)Cc1cc(O)cc(O)c1C(=O)O[C@H](C)C[C@@H]1Cc2cc(O)cc(O)c2C(=O)O1)OC(=O)C[C@@H](C)O. The van der Waals surface area contributed by atoms with Gasteiger partial charge in [-0.3, -0.25) is 9.59 Å². The van der Waals surface area contributed by atoms with Crippen LogP contribution < -0.4 is 0 Å². The van der Waals surface area contributed by atoms with Crippen LogP contribution in [0.3, 0.4) is 0 Å². The van der Waals surface area contributed by atoms with Gasteiger partial charge >= 0.3 is 29.8 Å². The molecule has 0 fully saturated rings. The fraction of sp³-hybridized carbons (Fsp3) is 0.425. The van der Waals surface area contributed by atoms with Crippen molar-refractivity contribution in [2.75, 3.05) is 0 Å². The minimum absolute atomic E-state index is 0.0192. The molecule has 0 saturated heterocycles. The van der Waals surface area contributed by atoms with Crippen molar-refractivity contribution in [3.8, 4) is 34.5 Å². The summed E-state index contributed by atoms with van der Waals surface area (Å²) in [5.74, 6) is -7.05. The predicted molar refractivity (Wildman–Crippen MR) is 196 cm³/mol. The number of ether oxygens (including phenoxy) is 5. The Hall–Kier alpha value is -6.23. The number of hydrogen-bond acceptors (Lipinski definition) is 17. The zero-order valence-electron chi connectivity index (χ0n) is 31.9. The van der Waals surface area contributed by atoms with Gasteiger partial charge in [-0.15, -0.1) is 0 Å². The van der Waals surface area contributed by atoms with E-state index in [1.54, 1.807) is 0 Å². The van der Waals surface area contributed by atoms with Gasteiger partial charge in [0.2, 0.25) is 0 Å². The highest BCUT2D eigenvalue weighted by Gasteiger charge is 2.32. The molecular formula is C40H46O17. The Balaban J connectivity index is 1.35. The van der Waals surface area contributed by atoms with Crippen molar-refractivity contribution in [1.29, 1.82) is 0 Å². The second-order valence-electron chi connectivity index (χ2n) is 14.2. The molecule has 3 aromatic carbocycles. The van der Waals surface area contributed by atoms with Crippen molar-refractivity contribution in [2.45, 2.75) is 110 Å². The maximum Gasteiger partial charge on any atom is 0.342 e. The lowest BCUT2D eigenvalue weighted by molar-refractivity contribution is -0.151. The van der Waals surface area contributed by atoms with Gasteiger partial charge in [0.25, 0.3) is 0 Å². The van der Waals surface area contributed by atoms with Crippen LogP contribution in [0.5, 0.6) is 34.5 Å². The third-order valence-electron chi connectivity index (χ3n) is 8.69. The standard InChI is InChI=1S/C40H46O17/c1-18(41)6-33(48)53-19(2)7-23-11-26(42)16-31(46)36(23)39(51)56-22(5)10-34(49)54-20(3)8-24-12-27(43)15-30(45)35(24)38(50)55-21(4)9-29-14-25-13-28(44)17-32(47)37(25)40(52)57-29/h11-13,15-22,29,41-47H,6-10,14H2,1-5H3/t18-,19-,20-,21-,22-,29-/m1/s1. The van der Waals surface area contributed by atoms with Gasteiger partial charge in [-0.1, -0.05) is 0 Å². The summed E-state index contributed by atoms with van der Waals surface area (Å²) in [5, 5.41) is 70.7. The average Bonchev–Trinajstić information content (AvgIpc) is 3.02. The van der Waals surface area contributed by atoms with Crippen LogP contribution in [0.4, 0.5) is 0 Å². The van der Waals surface area contributed by atoms with Gasteiger partial charge in [0.05, 0.1) is 18.9 Å². The Labute approximate surface area is 327 Å². The molecule has 0 saturated carbocycles.